The summed E-state index contributed by atoms with van der Waals surface area (Å²) in [6.07, 6.45) is 5.17. The van der Waals surface area contributed by atoms with Gasteiger partial charge in [-0.3, -0.25) is 4.98 Å². The van der Waals surface area contributed by atoms with E-state index in [4.69, 9.17) is 9.84 Å². The molecule has 3 heterocycles. The van der Waals surface area contributed by atoms with E-state index in [1.165, 1.54) is 11.1 Å². The number of aliphatic hydroxyl groups is 1. The average molecular weight is 407 g/mol. The summed E-state index contributed by atoms with van der Waals surface area (Å²) in [6, 6.07) is 14.6. The Bertz CT molecular complexity index is 953. The lowest BCUT2D eigenvalue weighted by molar-refractivity contribution is 0.199. The first-order valence-electron chi connectivity index (χ1n) is 10.7. The first-order valence-corrected chi connectivity index (χ1v) is 10.7. The van der Waals surface area contributed by atoms with E-state index in [2.05, 4.69) is 38.4 Å². The number of nitrogens with zero attached hydrogens (tertiary/aromatic N) is 3. The maximum atomic E-state index is 9.15. The van der Waals surface area contributed by atoms with E-state index in [0.29, 0.717) is 11.9 Å². The normalized spacial score (nSPS) is 15.5. The van der Waals surface area contributed by atoms with Crippen LogP contribution in [0.4, 0.5) is 0 Å². The molecule has 3 aromatic rings. The zero-order chi connectivity index (χ0) is 20.8. The van der Waals surface area contributed by atoms with Gasteiger partial charge < -0.3 is 20.1 Å². The predicted molar refractivity (Wildman–Crippen MR) is 118 cm³/mol. The minimum atomic E-state index is 0.102. The van der Waals surface area contributed by atoms with E-state index in [9.17, 15) is 0 Å². The Hall–Kier alpha value is -2.54. The van der Waals surface area contributed by atoms with Crippen LogP contribution in [0, 0.1) is 0 Å². The molecule has 6 nitrogen and oxygen atoms in total. The molecule has 158 valence electrons. The van der Waals surface area contributed by atoms with Crippen molar-refractivity contribution in [3.05, 3.63) is 65.4 Å². The number of benzene rings is 1. The number of aliphatic hydroxyl groups excluding tert-OH is 1. The second kappa shape index (κ2) is 9.98. The highest BCUT2D eigenvalue weighted by molar-refractivity contribution is 5.78. The molecule has 0 saturated carbocycles. The van der Waals surface area contributed by atoms with Gasteiger partial charge in [-0.2, -0.15) is 0 Å². The van der Waals surface area contributed by atoms with Gasteiger partial charge in [-0.25, -0.2) is 4.98 Å². The van der Waals surface area contributed by atoms with Gasteiger partial charge in [0.1, 0.15) is 0 Å². The van der Waals surface area contributed by atoms with Gasteiger partial charge in [0.15, 0.2) is 0 Å². The summed E-state index contributed by atoms with van der Waals surface area (Å²) >= 11 is 0. The molecule has 1 aliphatic heterocycles. The minimum absolute atomic E-state index is 0.102. The van der Waals surface area contributed by atoms with Crippen molar-refractivity contribution in [2.75, 3.05) is 26.7 Å². The molecule has 1 aliphatic rings. The molecule has 4 rings (SSSR count). The van der Waals surface area contributed by atoms with Crippen molar-refractivity contribution in [1.82, 2.24) is 20.2 Å². The Labute approximate surface area is 177 Å². The lowest BCUT2D eigenvalue weighted by atomic mass is 10.0. The van der Waals surface area contributed by atoms with Crippen molar-refractivity contribution in [2.24, 2.45) is 0 Å². The first kappa shape index (κ1) is 20.7. The Balaban J connectivity index is 1.25. The third-order valence-electron chi connectivity index (χ3n) is 5.94. The fourth-order valence-electron chi connectivity index (χ4n) is 4.04. The summed E-state index contributed by atoms with van der Waals surface area (Å²) < 4.78 is 5.28. The van der Waals surface area contributed by atoms with Crippen LogP contribution < -0.4 is 10.1 Å². The highest BCUT2D eigenvalue weighted by Gasteiger charge is 2.19. The van der Waals surface area contributed by atoms with Crippen LogP contribution in [0.15, 0.2) is 48.7 Å². The van der Waals surface area contributed by atoms with Gasteiger partial charge in [0.25, 0.3) is 0 Å². The standard InChI is InChI=1S/C24H30N4O2/c1-30-23-7-6-22-24(27-23)20(8-12-25-22)9-13-28-14-10-21(11-15-28)26-16-18-2-4-19(17-29)5-3-18/h2-8,12,21,26,29H,9-11,13-17H2,1H3. The van der Waals surface area contributed by atoms with Crippen LogP contribution >= 0.6 is 0 Å². The number of hydrogen-bond donors (Lipinski definition) is 2. The minimum Gasteiger partial charge on any atom is -0.481 e. The number of aromatic nitrogens is 2. The molecule has 0 amide bonds. The monoisotopic (exact) mass is 406 g/mol. The lowest BCUT2D eigenvalue weighted by Gasteiger charge is -2.32. The number of piperidine rings is 1. The molecule has 2 N–H and O–H groups in total. The van der Waals surface area contributed by atoms with Crippen molar-refractivity contribution in [3.8, 4) is 5.88 Å². The maximum Gasteiger partial charge on any atom is 0.213 e. The second-order valence-electron chi connectivity index (χ2n) is 7.91. The van der Waals surface area contributed by atoms with Gasteiger partial charge in [0.05, 0.1) is 24.8 Å². The van der Waals surface area contributed by atoms with Crippen LogP contribution in [0.1, 0.15) is 29.5 Å². The molecule has 0 bridgehead atoms. The molecule has 6 heteroatoms. The summed E-state index contributed by atoms with van der Waals surface area (Å²) in [5.41, 5.74) is 5.32. The van der Waals surface area contributed by atoms with Crippen molar-refractivity contribution in [2.45, 2.75) is 38.5 Å². The Morgan fingerprint density at radius 1 is 1.07 bits per heavy atom. The van der Waals surface area contributed by atoms with Crippen molar-refractivity contribution in [3.63, 3.8) is 0 Å². The zero-order valence-electron chi connectivity index (χ0n) is 17.6. The third kappa shape index (κ3) is 5.14. The number of methoxy groups -OCH3 is 1. The number of fused-ring (bicyclic) bond motifs is 1. The maximum absolute atomic E-state index is 9.15. The summed E-state index contributed by atoms with van der Waals surface area (Å²) in [6.45, 7) is 4.24. The summed E-state index contributed by atoms with van der Waals surface area (Å²) in [5, 5.41) is 12.8. The number of pyridine rings is 2. The van der Waals surface area contributed by atoms with Gasteiger partial charge in [-0.1, -0.05) is 24.3 Å². The Morgan fingerprint density at radius 3 is 2.57 bits per heavy atom. The van der Waals surface area contributed by atoms with Crippen LogP contribution in [0.2, 0.25) is 0 Å². The predicted octanol–water partition coefficient (Wildman–Crippen LogP) is 2.93. The summed E-state index contributed by atoms with van der Waals surface area (Å²) in [4.78, 5) is 11.6. The number of ether oxygens (including phenoxy) is 1. The quantitative estimate of drug-likeness (QED) is 0.599. The van der Waals surface area contributed by atoms with Crippen LogP contribution in [0.3, 0.4) is 0 Å². The first-order chi connectivity index (χ1) is 14.7. The van der Waals surface area contributed by atoms with Crippen molar-refractivity contribution >= 4 is 11.0 Å². The van der Waals surface area contributed by atoms with Gasteiger partial charge in [0, 0.05) is 31.4 Å². The van der Waals surface area contributed by atoms with E-state index in [0.717, 1.165) is 62.0 Å². The lowest BCUT2D eigenvalue weighted by Crippen LogP contribution is -2.42. The highest BCUT2D eigenvalue weighted by atomic mass is 16.5. The smallest absolute Gasteiger partial charge is 0.213 e. The third-order valence-corrected chi connectivity index (χ3v) is 5.94. The van der Waals surface area contributed by atoms with E-state index in [1.54, 1.807) is 7.11 Å². The number of likely N-dealkylation sites (tertiary alicyclic amines) is 1. The highest BCUT2D eigenvalue weighted by Crippen LogP contribution is 2.20. The van der Waals surface area contributed by atoms with Crippen LogP contribution in [0.25, 0.3) is 11.0 Å². The molecule has 1 saturated heterocycles. The van der Waals surface area contributed by atoms with Gasteiger partial charge >= 0.3 is 0 Å². The topological polar surface area (TPSA) is 70.5 Å². The SMILES string of the molecule is COc1ccc2nccc(CCN3CCC(NCc4ccc(CO)cc4)CC3)c2n1. The van der Waals surface area contributed by atoms with Crippen molar-refractivity contribution < 1.29 is 9.84 Å². The number of rotatable bonds is 8. The van der Waals surface area contributed by atoms with E-state index in [-0.39, 0.29) is 6.61 Å². The molecule has 0 radical (unpaired) electrons. The van der Waals surface area contributed by atoms with Gasteiger partial charge in [-0.15, -0.1) is 0 Å². The molecular weight excluding hydrogens is 376 g/mol. The average Bonchev–Trinajstić information content (AvgIpc) is 2.82. The summed E-state index contributed by atoms with van der Waals surface area (Å²) in [5.74, 6) is 0.634. The zero-order valence-corrected chi connectivity index (χ0v) is 17.6. The molecule has 30 heavy (non-hydrogen) atoms. The second-order valence-corrected chi connectivity index (χ2v) is 7.91. The van der Waals surface area contributed by atoms with Gasteiger partial charge in [-0.05, 0) is 61.2 Å². The van der Waals surface area contributed by atoms with Gasteiger partial charge in [0.2, 0.25) is 5.88 Å². The fraction of sp³-hybridized carbons (Fsp3) is 0.417. The van der Waals surface area contributed by atoms with Crippen molar-refractivity contribution in [1.29, 1.82) is 0 Å². The fourth-order valence-corrected chi connectivity index (χ4v) is 4.04. The number of nitrogens with one attached hydrogen (secondary N) is 1. The molecule has 0 aliphatic carbocycles. The molecule has 1 aromatic carbocycles. The molecule has 1 fully saturated rings. The molecule has 0 unspecified atom stereocenters. The molecular formula is C24H30N4O2. The van der Waals surface area contributed by atoms with Crippen LogP contribution in [0.5, 0.6) is 5.88 Å². The molecule has 0 atom stereocenters. The van der Waals surface area contributed by atoms with Crippen LogP contribution in [-0.4, -0.2) is 52.8 Å². The van der Waals surface area contributed by atoms with E-state index < -0.39 is 0 Å². The Morgan fingerprint density at radius 2 is 1.83 bits per heavy atom. The molecule has 0 spiro atoms. The summed E-state index contributed by atoms with van der Waals surface area (Å²) in [7, 11) is 1.65. The van der Waals surface area contributed by atoms with E-state index in [1.807, 2.05) is 30.5 Å². The molecule has 2 aromatic heterocycles. The van der Waals surface area contributed by atoms with E-state index >= 15 is 0 Å². The number of hydrogen-bond acceptors (Lipinski definition) is 6. The largest absolute Gasteiger partial charge is 0.481 e. The Kier molecular flexibility index (Phi) is 6.89. The van der Waals surface area contributed by atoms with Crippen LogP contribution in [-0.2, 0) is 19.6 Å².